The Morgan fingerprint density at radius 2 is 2.19 bits per heavy atom. The fraction of sp³-hybridized carbons (Fsp3) is 0.917. The minimum absolute atomic E-state index is 0.497. The van der Waals surface area contributed by atoms with E-state index in [1.807, 2.05) is 6.92 Å². The van der Waals surface area contributed by atoms with Gasteiger partial charge in [-0.2, -0.15) is 0 Å². The first kappa shape index (κ1) is 11.9. The Morgan fingerprint density at radius 3 is 2.69 bits per heavy atom. The van der Waals surface area contributed by atoms with Gasteiger partial charge in [-0.15, -0.1) is 0 Å². The van der Waals surface area contributed by atoms with Crippen molar-refractivity contribution in [1.82, 2.24) is 4.90 Å². The van der Waals surface area contributed by atoms with Crippen LogP contribution >= 0.6 is 0 Å². The van der Waals surface area contributed by atoms with E-state index in [9.17, 15) is 4.79 Å². The van der Waals surface area contributed by atoms with E-state index >= 15 is 0 Å². The first-order valence-corrected chi connectivity index (χ1v) is 6.14. The van der Waals surface area contributed by atoms with Crippen LogP contribution in [0.1, 0.15) is 26.2 Å². The number of piperidine rings is 1. The van der Waals surface area contributed by atoms with E-state index < -0.39 is 11.4 Å². The second-order valence-electron chi connectivity index (χ2n) is 5.40. The third-order valence-electron chi connectivity index (χ3n) is 4.02. The molecule has 4 heteroatoms. The highest BCUT2D eigenvalue weighted by molar-refractivity contribution is 5.74. The SMILES string of the molecule is CC1(C(=O)O)CCN(CC2CCOC2)CC1. The van der Waals surface area contributed by atoms with Crippen LogP contribution in [0.25, 0.3) is 0 Å². The summed E-state index contributed by atoms with van der Waals surface area (Å²) in [4.78, 5) is 13.5. The van der Waals surface area contributed by atoms with E-state index in [0.29, 0.717) is 5.92 Å². The van der Waals surface area contributed by atoms with Gasteiger partial charge in [-0.3, -0.25) is 4.79 Å². The predicted molar refractivity (Wildman–Crippen MR) is 60.3 cm³/mol. The molecule has 1 atom stereocenters. The summed E-state index contributed by atoms with van der Waals surface area (Å²) in [5, 5.41) is 9.13. The van der Waals surface area contributed by atoms with Crippen LogP contribution in [0.5, 0.6) is 0 Å². The van der Waals surface area contributed by atoms with Gasteiger partial charge in [0.1, 0.15) is 0 Å². The summed E-state index contributed by atoms with van der Waals surface area (Å²) in [5.74, 6) is 0.0190. The second kappa shape index (κ2) is 4.72. The first-order chi connectivity index (χ1) is 7.60. The van der Waals surface area contributed by atoms with E-state index in [4.69, 9.17) is 9.84 Å². The van der Waals surface area contributed by atoms with E-state index in [-0.39, 0.29) is 0 Å². The molecule has 0 amide bonds. The lowest BCUT2D eigenvalue weighted by molar-refractivity contribution is -0.150. The standard InChI is InChI=1S/C12H21NO3/c1-12(11(14)15)3-5-13(6-4-12)8-10-2-7-16-9-10/h10H,2-9H2,1H3,(H,14,15). The molecule has 0 bridgehead atoms. The fourth-order valence-electron chi connectivity index (χ4n) is 2.54. The molecule has 0 spiro atoms. The van der Waals surface area contributed by atoms with Crippen molar-refractivity contribution < 1.29 is 14.6 Å². The minimum Gasteiger partial charge on any atom is -0.481 e. The van der Waals surface area contributed by atoms with Gasteiger partial charge < -0.3 is 14.7 Å². The highest BCUT2D eigenvalue weighted by Crippen LogP contribution is 2.31. The van der Waals surface area contributed by atoms with Crippen molar-refractivity contribution in [2.24, 2.45) is 11.3 Å². The number of aliphatic carboxylic acids is 1. The molecule has 2 aliphatic rings. The fourth-order valence-corrected chi connectivity index (χ4v) is 2.54. The lowest BCUT2D eigenvalue weighted by Crippen LogP contribution is -2.44. The molecule has 2 heterocycles. The lowest BCUT2D eigenvalue weighted by Gasteiger charge is -2.37. The molecule has 2 saturated heterocycles. The Hall–Kier alpha value is -0.610. The zero-order valence-electron chi connectivity index (χ0n) is 9.95. The molecule has 4 nitrogen and oxygen atoms in total. The van der Waals surface area contributed by atoms with E-state index in [0.717, 1.165) is 52.1 Å². The molecule has 2 rings (SSSR count). The summed E-state index contributed by atoms with van der Waals surface area (Å²) in [6.07, 6.45) is 2.71. The van der Waals surface area contributed by atoms with Gasteiger partial charge in [-0.05, 0) is 45.2 Å². The molecule has 0 radical (unpaired) electrons. The normalized spacial score (nSPS) is 30.4. The van der Waals surface area contributed by atoms with Crippen molar-refractivity contribution in [1.29, 1.82) is 0 Å². The third-order valence-corrected chi connectivity index (χ3v) is 4.02. The van der Waals surface area contributed by atoms with Crippen LogP contribution in [-0.4, -0.2) is 48.8 Å². The van der Waals surface area contributed by atoms with E-state index in [2.05, 4.69) is 4.90 Å². The van der Waals surface area contributed by atoms with Crippen LogP contribution in [0.15, 0.2) is 0 Å². The average molecular weight is 227 g/mol. The quantitative estimate of drug-likeness (QED) is 0.787. The number of hydrogen-bond donors (Lipinski definition) is 1. The summed E-state index contributed by atoms with van der Waals surface area (Å²) in [7, 11) is 0. The van der Waals surface area contributed by atoms with Gasteiger partial charge in [-0.1, -0.05) is 0 Å². The number of rotatable bonds is 3. The molecule has 1 unspecified atom stereocenters. The van der Waals surface area contributed by atoms with Gasteiger partial charge in [0.25, 0.3) is 0 Å². The Balaban J connectivity index is 1.78. The van der Waals surface area contributed by atoms with Gasteiger partial charge >= 0.3 is 5.97 Å². The number of carboxylic acid groups (broad SMARTS) is 1. The van der Waals surface area contributed by atoms with Crippen molar-refractivity contribution in [3.8, 4) is 0 Å². The molecule has 0 saturated carbocycles. The van der Waals surface area contributed by atoms with Gasteiger partial charge in [0.05, 0.1) is 12.0 Å². The molecular formula is C12H21NO3. The molecule has 0 aromatic heterocycles. The maximum atomic E-state index is 11.1. The number of nitrogens with zero attached hydrogens (tertiary/aromatic N) is 1. The number of ether oxygens (including phenoxy) is 1. The van der Waals surface area contributed by atoms with Crippen LogP contribution in [0.3, 0.4) is 0 Å². The van der Waals surface area contributed by atoms with Crippen LogP contribution < -0.4 is 0 Å². The summed E-state index contributed by atoms with van der Waals surface area (Å²) in [6.45, 7) is 6.55. The van der Waals surface area contributed by atoms with Crippen molar-refractivity contribution >= 4 is 5.97 Å². The highest BCUT2D eigenvalue weighted by atomic mass is 16.5. The first-order valence-electron chi connectivity index (χ1n) is 6.14. The molecule has 2 aliphatic heterocycles. The topological polar surface area (TPSA) is 49.8 Å². The van der Waals surface area contributed by atoms with Gasteiger partial charge in [-0.25, -0.2) is 0 Å². The number of carboxylic acids is 1. The van der Waals surface area contributed by atoms with Crippen LogP contribution in [0, 0.1) is 11.3 Å². The zero-order chi connectivity index (χ0) is 11.6. The maximum Gasteiger partial charge on any atom is 0.309 e. The van der Waals surface area contributed by atoms with Crippen LogP contribution in [-0.2, 0) is 9.53 Å². The summed E-state index contributed by atoms with van der Waals surface area (Å²) >= 11 is 0. The number of likely N-dealkylation sites (tertiary alicyclic amines) is 1. The summed E-state index contributed by atoms with van der Waals surface area (Å²) in [5.41, 5.74) is -0.497. The van der Waals surface area contributed by atoms with E-state index in [1.54, 1.807) is 0 Å². The Morgan fingerprint density at radius 1 is 1.50 bits per heavy atom. The molecule has 0 aromatic rings. The minimum atomic E-state index is -0.642. The zero-order valence-corrected chi connectivity index (χ0v) is 9.95. The number of carbonyl (C=O) groups is 1. The molecule has 2 fully saturated rings. The van der Waals surface area contributed by atoms with Crippen molar-refractivity contribution in [2.75, 3.05) is 32.8 Å². The lowest BCUT2D eigenvalue weighted by atomic mass is 9.80. The molecule has 0 aromatic carbocycles. The molecule has 16 heavy (non-hydrogen) atoms. The van der Waals surface area contributed by atoms with Crippen LogP contribution in [0.4, 0.5) is 0 Å². The smallest absolute Gasteiger partial charge is 0.309 e. The Kier molecular flexibility index (Phi) is 3.50. The van der Waals surface area contributed by atoms with Crippen LogP contribution in [0.2, 0.25) is 0 Å². The highest BCUT2D eigenvalue weighted by Gasteiger charge is 2.37. The van der Waals surface area contributed by atoms with Gasteiger partial charge in [0, 0.05) is 13.2 Å². The maximum absolute atomic E-state index is 11.1. The summed E-state index contributed by atoms with van der Waals surface area (Å²) < 4.78 is 5.36. The van der Waals surface area contributed by atoms with E-state index in [1.165, 1.54) is 0 Å². The van der Waals surface area contributed by atoms with Crippen molar-refractivity contribution in [3.63, 3.8) is 0 Å². The van der Waals surface area contributed by atoms with Gasteiger partial charge in [0.2, 0.25) is 0 Å². The Labute approximate surface area is 96.6 Å². The third kappa shape index (κ3) is 2.55. The largest absolute Gasteiger partial charge is 0.481 e. The van der Waals surface area contributed by atoms with Crippen molar-refractivity contribution in [2.45, 2.75) is 26.2 Å². The molecule has 0 aliphatic carbocycles. The average Bonchev–Trinajstić information content (AvgIpc) is 2.74. The number of hydrogen-bond acceptors (Lipinski definition) is 3. The monoisotopic (exact) mass is 227 g/mol. The predicted octanol–water partition coefficient (Wildman–Crippen LogP) is 1.21. The van der Waals surface area contributed by atoms with Gasteiger partial charge in [0.15, 0.2) is 0 Å². The summed E-state index contributed by atoms with van der Waals surface area (Å²) in [6, 6.07) is 0. The second-order valence-corrected chi connectivity index (χ2v) is 5.40. The van der Waals surface area contributed by atoms with Crippen molar-refractivity contribution in [3.05, 3.63) is 0 Å². The molecule has 92 valence electrons. The Bertz CT molecular complexity index is 253. The molecular weight excluding hydrogens is 206 g/mol. The molecule has 1 N–H and O–H groups in total.